The maximum Gasteiger partial charge on any atom is 0.417 e. The predicted molar refractivity (Wildman–Crippen MR) is 85.1 cm³/mol. The third-order valence-electron chi connectivity index (χ3n) is 3.27. The molecule has 2 rings (SSSR count). The molecule has 1 heterocycles. The number of hydrogen-bond acceptors (Lipinski definition) is 4. The van der Waals surface area contributed by atoms with Crippen LogP contribution in [-0.4, -0.2) is 21.9 Å². The summed E-state index contributed by atoms with van der Waals surface area (Å²) in [4.78, 5) is 27.2. The van der Waals surface area contributed by atoms with Gasteiger partial charge in [-0.15, -0.1) is 0 Å². The quantitative estimate of drug-likeness (QED) is 0.565. The predicted octanol–water partition coefficient (Wildman–Crippen LogP) is 4.32. The number of aromatic nitrogens is 1. The zero-order chi connectivity index (χ0) is 21.3. The van der Waals surface area contributed by atoms with Gasteiger partial charge in [0.2, 0.25) is 0 Å². The van der Waals surface area contributed by atoms with Gasteiger partial charge in [-0.05, 0) is 30.3 Å². The van der Waals surface area contributed by atoms with E-state index in [4.69, 9.17) is 17.3 Å². The molecule has 13 heteroatoms. The van der Waals surface area contributed by atoms with Crippen LogP contribution in [0, 0.1) is 0 Å². The van der Waals surface area contributed by atoms with Crippen molar-refractivity contribution in [3.8, 4) is 0 Å². The van der Waals surface area contributed by atoms with Crippen LogP contribution in [0.4, 0.5) is 37.0 Å². The lowest BCUT2D eigenvalue weighted by molar-refractivity contribution is -0.138. The Labute approximate surface area is 157 Å². The van der Waals surface area contributed by atoms with Crippen LogP contribution in [0.25, 0.3) is 0 Å². The van der Waals surface area contributed by atoms with E-state index in [1.807, 2.05) is 5.43 Å². The topological polar surface area (TPSA) is 88.3 Å². The monoisotopic (exact) mass is 426 g/mol. The lowest BCUT2D eigenvalue weighted by Gasteiger charge is -2.21. The number of carbonyl (C=O) groups is 2. The second kappa shape index (κ2) is 7.54. The summed E-state index contributed by atoms with van der Waals surface area (Å²) in [7, 11) is 0. The number of pyridine rings is 1. The molecule has 150 valence electrons. The Hall–Kier alpha value is -3.02. The second-order valence-electron chi connectivity index (χ2n) is 5.22. The molecular weight excluding hydrogens is 418 g/mol. The summed E-state index contributed by atoms with van der Waals surface area (Å²) in [6.45, 7) is 0. The van der Waals surface area contributed by atoms with Crippen LogP contribution >= 0.6 is 11.6 Å². The van der Waals surface area contributed by atoms with E-state index < -0.39 is 46.3 Å². The van der Waals surface area contributed by atoms with Gasteiger partial charge in [0.25, 0.3) is 5.91 Å². The summed E-state index contributed by atoms with van der Waals surface area (Å²) in [5.74, 6) is -1.69. The molecule has 3 N–H and O–H groups in total. The third-order valence-corrected chi connectivity index (χ3v) is 3.56. The number of rotatable bonds is 3. The largest absolute Gasteiger partial charge is 0.417 e. The van der Waals surface area contributed by atoms with Crippen LogP contribution in [0.2, 0.25) is 5.02 Å². The molecule has 0 aliphatic carbocycles. The first-order chi connectivity index (χ1) is 12.8. The molecule has 0 aliphatic heterocycles. The Morgan fingerprint density at radius 1 is 1.00 bits per heavy atom. The minimum atomic E-state index is -4.73. The zero-order valence-corrected chi connectivity index (χ0v) is 14.2. The van der Waals surface area contributed by atoms with Gasteiger partial charge >= 0.3 is 18.4 Å². The Kier molecular flexibility index (Phi) is 5.73. The lowest BCUT2D eigenvalue weighted by Crippen LogP contribution is -2.45. The highest BCUT2D eigenvalue weighted by Gasteiger charge is 2.33. The van der Waals surface area contributed by atoms with E-state index in [0.717, 1.165) is 12.1 Å². The van der Waals surface area contributed by atoms with Gasteiger partial charge < -0.3 is 5.73 Å². The minimum Gasteiger partial charge on any atom is -0.350 e. The van der Waals surface area contributed by atoms with E-state index in [9.17, 15) is 35.9 Å². The highest BCUT2D eigenvalue weighted by molar-refractivity contribution is 6.33. The number of hydrazine groups is 1. The van der Waals surface area contributed by atoms with Crippen molar-refractivity contribution in [3.05, 3.63) is 58.2 Å². The normalized spacial score (nSPS) is 11.8. The first kappa shape index (κ1) is 21.3. The minimum absolute atomic E-state index is 0.143. The molecule has 0 unspecified atom stereocenters. The van der Waals surface area contributed by atoms with E-state index in [0.29, 0.717) is 24.4 Å². The number of nitrogens with zero attached hydrogens (tertiary/aromatic N) is 2. The van der Waals surface area contributed by atoms with Gasteiger partial charge in [-0.1, -0.05) is 11.6 Å². The van der Waals surface area contributed by atoms with Crippen molar-refractivity contribution in [2.75, 3.05) is 5.43 Å². The molecule has 2 aromatic rings. The van der Waals surface area contributed by atoms with Crippen molar-refractivity contribution in [1.82, 2.24) is 9.99 Å². The number of amides is 3. The fourth-order valence-electron chi connectivity index (χ4n) is 1.92. The number of alkyl halides is 6. The molecule has 0 aliphatic rings. The van der Waals surface area contributed by atoms with Gasteiger partial charge in [0.15, 0.2) is 5.82 Å². The molecule has 3 amide bonds. The molecule has 0 atom stereocenters. The number of primary amides is 1. The number of nitrogens with one attached hydrogen (secondary N) is 1. The maximum absolute atomic E-state index is 12.6. The van der Waals surface area contributed by atoms with E-state index in [1.54, 1.807) is 0 Å². The molecule has 0 bridgehead atoms. The van der Waals surface area contributed by atoms with Crippen LogP contribution in [-0.2, 0) is 12.4 Å². The number of hydrogen-bond donors (Lipinski definition) is 2. The number of nitrogens with two attached hydrogens (primary N) is 1. The second-order valence-corrected chi connectivity index (χ2v) is 5.63. The van der Waals surface area contributed by atoms with Crippen LogP contribution in [0.5, 0.6) is 0 Å². The number of carbonyl (C=O) groups excluding carboxylic acids is 2. The molecule has 0 saturated carbocycles. The van der Waals surface area contributed by atoms with E-state index in [1.165, 1.54) is 0 Å². The Balaban J connectivity index is 2.29. The number of benzene rings is 1. The van der Waals surface area contributed by atoms with Gasteiger partial charge in [0.1, 0.15) is 0 Å². The van der Waals surface area contributed by atoms with Crippen LogP contribution < -0.4 is 11.2 Å². The zero-order valence-electron chi connectivity index (χ0n) is 13.4. The van der Waals surface area contributed by atoms with Crippen LogP contribution in [0.3, 0.4) is 0 Å². The number of urea groups is 1. The van der Waals surface area contributed by atoms with Gasteiger partial charge in [-0.3, -0.25) is 10.2 Å². The first-order valence-corrected chi connectivity index (χ1v) is 7.49. The molecule has 6 nitrogen and oxygen atoms in total. The smallest absolute Gasteiger partial charge is 0.350 e. The fraction of sp³-hybridized carbons (Fsp3) is 0.133. The van der Waals surface area contributed by atoms with Gasteiger partial charge in [-0.25, -0.2) is 9.78 Å². The van der Waals surface area contributed by atoms with Crippen LogP contribution in [0.15, 0.2) is 36.5 Å². The summed E-state index contributed by atoms with van der Waals surface area (Å²) >= 11 is 5.67. The number of halogens is 7. The van der Waals surface area contributed by atoms with Crippen LogP contribution in [0.1, 0.15) is 21.5 Å². The Bertz CT molecular complexity index is 899. The fourth-order valence-corrected chi connectivity index (χ4v) is 2.13. The highest BCUT2D eigenvalue weighted by atomic mass is 35.5. The summed E-state index contributed by atoms with van der Waals surface area (Å²) in [5.41, 5.74) is 4.52. The molecule has 0 fully saturated rings. The third kappa shape index (κ3) is 4.82. The molecule has 1 aromatic heterocycles. The van der Waals surface area contributed by atoms with Crippen molar-refractivity contribution in [2.45, 2.75) is 12.4 Å². The Morgan fingerprint density at radius 2 is 1.54 bits per heavy atom. The van der Waals surface area contributed by atoms with Crippen molar-refractivity contribution >= 4 is 29.4 Å². The van der Waals surface area contributed by atoms with Crippen molar-refractivity contribution in [1.29, 1.82) is 0 Å². The molecule has 0 saturated heterocycles. The van der Waals surface area contributed by atoms with Gasteiger partial charge in [0.05, 0.1) is 16.1 Å². The van der Waals surface area contributed by atoms with Crippen molar-refractivity contribution in [3.63, 3.8) is 0 Å². The standard InChI is InChI=1S/C15H9ClF6N4O2/c16-10-5-9(15(20,21)22)6-24-11(10)25-26(13(23)28)12(27)7-1-3-8(4-2-7)14(17,18)19/h1-6H,(H2,23,28)(H,24,25). The first-order valence-electron chi connectivity index (χ1n) is 7.11. The van der Waals surface area contributed by atoms with E-state index >= 15 is 0 Å². The Morgan fingerprint density at radius 3 is 1.96 bits per heavy atom. The van der Waals surface area contributed by atoms with E-state index in [-0.39, 0.29) is 10.6 Å². The average Bonchev–Trinajstić information content (AvgIpc) is 2.58. The molecular formula is C15H9ClF6N4O2. The average molecular weight is 427 g/mol. The highest BCUT2D eigenvalue weighted by Crippen LogP contribution is 2.33. The van der Waals surface area contributed by atoms with Crippen molar-refractivity contribution < 1.29 is 35.9 Å². The summed E-state index contributed by atoms with van der Waals surface area (Å²) in [5, 5.41) is -0.439. The molecule has 28 heavy (non-hydrogen) atoms. The van der Waals surface area contributed by atoms with E-state index in [2.05, 4.69) is 4.98 Å². The number of imide groups is 1. The molecule has 1 aromatic carbocycles. The molecule has 0 spiro atoms. The van der Waals surface area contributed by atoms with Gasteiger partial charge in [0, 0.05) is 11.8 Å². The van der Waals surface area contributed by atoms with Crippen molar-refractivity contribution in [2.24, 2.45) is 5.73 Å². The SMILES string of the molecule is NC(=O)N(Nc1ncc(C(F)(F)F)cc1Cl)C(=O)c1ccc(C(F)(F)F)cc1. The maximum atomic E-state index is 12.6. The van der Waals surface area contributed by atoms with Gasteiger partial charge in [-0.2, -0.15) is 31.4 Å². The lowest BCUT2D eigenvalue weighted by atomic mass is 10.1. The summed E-state index contributed by atoms with van der Waals surface area (Å²) < 4.78 is 75.6. The summed E-state index contributed by atoms with van der Waals surface area (Å²) in [6, 6.07) is 1.90. The summed E-state index contributed by atoms with van der Waals surface area (Å²) in [6.07, 6.45) is -8.97. The molecule has 0 radical (unpaired) electrons. The number of anilines is 1.